The van der Waals surface area contributed by atoms with Crippen LogP contribution in [-0.2, 0) is 6.54 Å². The summed E-state index contributed by atoms with van der Waals surface area (Å²) >= 11 is 3.51. The molecule has 1 N–H and O–H groups in total. The van der Waals surface area contributed by atoms with Crippen LogP contribution >= 0.6 is 15.9 Å². The lowest BCUT2D eigenvalue weighted by Gasteiger charge is -2.37. The third kappa shape index (κ3) is 3.21. The highest BCUT2D eigenvalue weighted by Gasteiger charge is 2.35. The maximum Gasteiger partial charge on any atom is 0.0236 e. The Labute approximate surface area is 124 Å². The summed E-state index contributed by atoms with van der Waals surface area (Å²) in [5.41, 5.74) is 1.43. The van der Waals surface area contributed by atoms with Gasteiger partial charge in [0.2, 0.25) is 0 Å². The molecule has 3 heteroatoms. The van der Waals surface area contributed by atoms with Crippen molar-refractivity contribution in [2.45, 2.75) is 57.3 Å². The van der Waals surface area contributed by atoms with Crippen molar-refractivity contribution >= 4 is 15.9 Å². The SMILES string of the molecule is CCN(Cc1ccc(Br)cc1)C1CC2CCC(C1)N2. The molecule has 2 nitrogen and oxygen atoms in total. The lowest BCUT2D eigenvalue weighted by atomic mass is 9.97. The summed E-state index contributed by atoms with van der Waals surface area (Å²) in [6, 6.07) is 11.1. The first-order valence-electron chi connectivity index (χ1n) is 7.49. The number of piperidine rings is 1. The number of nitrogens with zero attached hydrogens (tertiary/aromatic N) is 1. The summed E-state index contributed by atoms with van der Waals surface area (Å²) in [5, 5.41) is 3.74. The first-order chi connectivity index (χ1) is 9.24. The minimum Gasteiger partial charge on any atom is -0.311 e. The Hall–Kier alpha value is -0.380. The summed E-state index contributed by atoms with van der Waals surface area (Å²) in [5.74, 6) is 0. The predicted octanol–water partition coefficient (Wildman–Crippen LogP) is 3.55. The molecule has 19 heavy (non-hydrogen) atoms. The van der Waals surface area contributed by atoms with E-state index < -0.39 is 0 Å². The summed E-state index contributed by atoms with van der Waals surface area (Å²) in [4.78, 5) is 2.66. The van der Waals surface area contributed by atoms with Crippen LogP contribution in [0.5, 0.6) is 0 Å². The molecule has 0 amide bonds. The molecule has 2 atom stereocenters. The van der Waals surface area contributed by atoms with Gasteiger partial charge < -0.3 is 5.32 Å². The molecule has 1 aromatic rings. The van der Waals surface area contributed by atoms with Gasteiger partial charge in [0.15, 0.2) is 0 Å². The van der Waals surface area contributed by atoms with Crippen LogP contribution in [0.3, 0.4) is 0 Å². The Balaban J connectivity index is 1.65. The number of fused-ring (bicyclic) bond motifs is 2. The molecule has 2 unspecified atom stereocenters. The molecule has 2 heterocycles. The molecule has 0 aromatic heterocycles. The van der Waals surface area contributed by atoms with Gasteiger partial charge in [0.25, 0.3) is 0 Å². The molecular formula is C16H23BrN2. The number of rotatable bonds is 4. The zero-order chi connectivity index (χ0) is 13.2. The van der Waals surface area contributed by atoms with E-state index in [0.29, 0.717) is 0 Å². The Kier molecular flexibility index (Phi) is 4.25. The van der Waals surface area contributed by atoms with Gasteiger partial charge in [-0.3, -0.25) is 4.90 Å². The molecule has 104 valence electrons. The van der Waals surface area contributed by atoms with E-state index in [2.05, 4.69) is 57.3 Å². The van der Waals surface area contributed by atoms with Crippen LogP contribution in [0, 0.1) is 0 Å². The van der Waals surface area contributed by atoms with Crippen molar-refractivity contribution in [1.82, 2.24) is 10.2 Å². The van der Waals surface area contributed by atoms with Crippen LogP contribution in [0.25, 0.3) is 0 Å². The standard InChI is InChI=1S/C16H23BrN2/c1-2-19(11-12-3-5-13(17)6-4-12)16-9-14-7-8-15(10-16)18-14/h3-6,14-16,18H,2,7-11H2,1H3. The van der Waals surface area contributed by atoms with Crippen molar-refractivity contribution in [2.75, 3.05) is 6.54 Å². The molecule has 2 bridgehead atoms. The van der Waals surface area contributed by atoms with Gasteiger partial charge in [0, 0.05) is 29.1 Å². The van der Waals surface area contributed by atoms with Crippen LogP contribution in [0.15, 0.2) is 28.7 Å². The third-order valence-electron chi connectivity index (χ3n) is 4.67. The van der Waals surface area contributed by atoms with Crippen molar-refractivity contribution in [2.24, 2.45) is 0 Å². The van der Waals surface area contributed by atoms with E-state index in [1.165, 1.54) is 35.7 Å². The van der Waals surface area contributed by atoms with Crippen molar-refractivity contribution < 1.29 is 0 Å². The molecule has 2 fully saturated rings. The second-order valence-corrected chi connectivity index (χ2v) is 6.87. The van der Waals surface area contributed by atoms with E-state index >= 15 is 0 Å². The van der Waals surface area contributed by atoms with Gasteiger partial charge in [0.05, 0.1) is 0 Å². The quantitative estimate of drug-likeness (QED) is 0.911. The fourth-order valence-electron chi connectivity index (χ4n) is 3.65. The Morgan fingerprint density at radius 2 is 1.79 bits per heavy atom. The van der Waals surface area contributed by atoms with Crippen LogP contribution < -0.4 is 5.32 Å². The van der Waals surface area contributed by atoms with Crippen molar-refractivity contribution in [3.05, 3.63) is 34.3 Å². The second kappa shape index (κ2) is 5.94. The highest BCUT2D eigenvalue weighted by Crippen LogP contribution is 2.30. The first-order valence-corrected chi connectivity index (χ1v) is 8.28. The van der Waals surface area contributed by atoms with Crippen LogP contribution in [0.2, 0.25) is 0 Å². The summed E-state index contributed by atoms with van der Waals surface area (Å²) in [6.07, 6.45) is 5.44. The number of hydrogen-bond donors (Lipinski definition) is 1. The van der Waals surface area contributed by atoms with Gasteiger partial charge in [-0.05, 0) is 49.9 Å². The van der Waals surface area contributed by atoms with Crippen molar-refractivity contribution in [3.63, 3.8) is 0 Å². The molecule has 0 radical (unpaired) electrons. The average Bonchev–Trinajstić information content (AvgIpc) is 2.77. The minimum absolute atomic E-state index is 0.771. The predicted molar refractivity (Wildman–Crippen MR) is 83.2 cm³/mol. The topological polar surface area (TPSA) is 15.3 Å². The molecule has 3 rings (SSSR count). The van der Waals surface area contributed by atoms with E-state index in [-0.39, 0.29) is 0 Å². The number of halogens is 1. The van der Waals surface area contributed by atoms with E-state index in [1.54, 1.807) is 0 Å². The summed E-state index contributed by atoms with van der Waals surface area (Å²) in [6.45, 7) is 4.54. The zero-order valence-electron chi connectivity index (χ0n) is 11.6. The van der Waals surface area contributed by atoms with Crippen LogP contribution in [0.1, 0.15) is 38.2 Å². The molecule has 0 saturated carbocycles. The second-order valence-electron chi connectivity index (χ2n) is 5.95. The van der Waals surface area contributed by atoms with Crippen LogP contribution in [-0.4, -0.2) is 29.6 Å². The summed E-state index contributed by atoms with van der Waals surface area (Å²) in [7, 11) is 0. The monoisotopic (exact) mass is 322 g/mol. The lowest BCUT2D eigenvalue weighted by molar-refractivity contribution is 0.141. The van der Waals surface area contributed by atoms with Gasteiger partial charge >= 0.3 is 0 Å². The lowest BCUT2D eigenvalue weighted by Crippen LogP contribution is -2.47. The number of benzene rings is 1. The van der Waals surface area contributed by atoms with Gasteiger partial charge in [-0.1, -0.05) is 35.0 Å². The third-order valence-corrected chi connectivity index (χ3v) is 5.20. The zero-order valence-corrected chi connectivity index (χ0v) is 13.2. The molecule has 1 aromatic carbocycles. The first kappa shape index (κ1) is 13.6. The molecular weight excluding hydrogens is 300 g/mol. The molecule has 2 aliphatic rings. The summed E-state index contributed by atoms with van der Waals surface area (Å²) < 4.78 is 1.17. The van der Waals surface area contributed by atoms with Crippen molar-refractivity contribution in [1.29, 1.82) is 0 Å². The number of nitrogens with one attached hydrogen (secondary N) is 1. The molecule has 2 aliphatic heterocycles. The normalized spacial score (nSPS) is 29.9. The maximum atomic E-state index is 3.74. The molecule has 0 aliphatic carbocycles. The highest BCUT2D eigenvalue weighted by molar-refractivity contribution is 9.10. The smallest absolute Gasteiger partial charge is 0.0236 e. The van der Waals surface area contributed by atoms with E-state index in [1.807, 2.05) is 0 Å². The van der Waals surface area contributed by atoms with E-state index in [0.717, 1.165) is 31.2 Å². The Morgan fingerprint density at radius 3 is 2.37 bits per heavy atom. The van der Waals surface area contributed by atoms with Crippen LogP contribution in [0.4, 0.5) is 0 Å². The Morgan fingerprint density at radius 1 is 1.16 bits per heavy atom. The average molecular weight is 323 g/mol. The fraction of sp³-hybridized carbons (Fsp3) is 0.625. The fourth-order valence-corrected chi connectivity index (χ4v) is 3.91. The number of hydrogen-bond acceptors (Lipinski definition) is 2. The van der Waals surface area contributed by atoms with E-state index in [4.69, 9.17) is 0 Å². The van der Waals surface area contributed by atoms with Gasteiger partial charge in [-0.2, -0.15) is 0 Å². The van der Waals surface area contributed by atoms with Crippen molar-refractivity contribution in [3.8, 4) is 0 Å². The van der Waals surface area contributed by atoms with Gasteiger partial charge in [-0.15, -0.1) is 0 Å². The largest absolute Gasteiger partial charge is 0.311 e. The van der Waals surface area contributed by atoms with Gasteiger partial charge in [0.1, 0.15) is 0 Å². The molecule has 0 spiro atoms. The highest BCUT2D eigenvalue weighted by atomic mass is 79.9. The minimum atomic E-state index is 0.771. The Bertz CT molecular complexity index is 405. The molecule has 2 saturated heterocycles. The maximum absolute atomic E-state index is 3.74. The van der Waals surface area contributed by atoms with E-state index in [9.17, 15) is 0 Å². The van der Waals surface area contributed by atoms with Gasteiger partial charge in [-0.25, -0.2) is 0 Å².